The van der Waals surface area contributed by atoms with Crippen molar-refractivity contribution in [3.63, 3.8) is 0 Å². The first kappa shape index (κ1) is 16.1. The molecule has 0 unspecified atom stereocenters. The van der Waals surface area contributed by atoms with Gasteiger partial charge in [-0.1, -0.05) is 42.1 Å². The minimum atomic E-state index is 0.560. The third kappa shape index (κ3) is 3.76. The zero-order chi connectivity index (χ0) is 16.8. The Balaban J connectivity index is 1.54. The fourth-order valence-corrected chi connectivity index (χ4v) is 2.93. The number of nitrogens with zero attached hydrogens (tertiary/aromatic N) is 4. The smallest absolute Gasteiger partial charge is 0.191 e. The summed E-state index contributed by atoms with van der Waals surface area (Å²) in [5.74, 6) is 2.38. The van der Waals surface area contributed by atoms with Crippen molar-refractivity contribution >= 4 is 11.8 Å². The van der Waals surface area contributed by atoms with Crippen molar-refractivity contribution in [3.05, 3.63) is 60.2 Å². The van der Waals surface area contributed by atoms with Crippen LogP contribution in [0, 0.1) is 11.3 Å². The van der Waals surface area contributed by atoms with Gasteiger partial charge in [0.15, 0.2) is 11.0 Å². The lowest BCUT2D eigenvalue weighted by molar-refractivity contribution is 0.344. The molecule has 0 bridgehead atoms. The van der Waals surface area contributed by atoms with Crippen LogP contribution >= 0.6 is 11.8 Å². The maximum Gasteiger partial charge on any atom is 0.191 e. The van der Waals surface area contributed by atoms with E-state index in [-0.39, 0.29) is 0 Å². The maximum atomic E-state index is 8.77. The highest BCUT2D eigenvalue weighted by molar-refractivity contribution is 7.99. The highest BCUT2D eigenvalue weighted by atomic mass is 32.2. The lowest BCUT2D eigenvalue weighted by atomic mass is 10.2. The molecule has 24 heavy (non-hydrogen) atoms. The summed E-state index contributed by atoms with van der Waals surface area (Å²) in [6.45, 7) is 0.560. The molecule has 0 spiro atoms. The first-order valence-electron chi connectivity index (χ1n) is 7.48. The molecule has 0 fully saturated rings. The molecule has 6 heteroatoms. The van der Waals surface area contributed by atoms with Crippen LogP contribution in [0.5, 0.6) is 5.75 Å². The summed E-state index contributed by atoms with van der Waals surface area (Å²) in [5.41, 5.74) is 1.68. The van der Waals surface area contributed by atoms with Crippen molar-refractivity contribution in [1.29, 1.82) is 5.26 Å². The predicted octanol–water partition coefficient (Wildman–Crippen LogP) is 3.52. The van der Waals surface area contributed by atoms with E-state index in [0.717, 1.165) is 28.0 Å². The van der Waals surface area contributed by atoms with Gasteiger partial charge < -0.3 is 9.30 Å². The minimum Gasteiger partial charge on any atom is -0.493 e. The van der Waals surface area contributed by atoms with E-state index in [1.54, 1.807) is 36.0 Å². The quantitative estimate of drug-likeness (QED) is 0.509. The predicted molar refractivity (Wildman–Crippen MR) is 93.8 cm³/mol. The van der Waals surface area contributed by atoms with Crippen molar-refractivity contribution in [1.82, 2.24) is 14.8 Å². The van der Waals surface area contributed by atoms with Crippen LogP contribution in [-0.2, 0) is 7.05 Å². The molecule has 0 aliphatic rings. The molecule has 120 valence electrons. The van der Waals surface area contributed by atoms with Gasteiger partial charge in [-0.25, -0.2) is 0 Å². The van der Waals surface area contributed by atoms with Gasteiger partial charge in [-0.15, -0.1) is 10.2 Å². The average molecular weight is 336 g/mol. The van der Waals surface area contributed by atoms with Crippen molar-refractivity contribution in [2.45, 2.75) is 5.16 Å². The van der Waals surface area contributed by atoms with Gasteiger partial charge in [0.1, 0.15) is 5.75 Å². The summed E-state index contributed by atoms with van der Waals surface area (Å²) in [6.07, 6.45) is 0. The molecular weight excluding hydrogens is 320 g/mol. The van der Waals surface area contributed by atoms with Gasteiger partial charge in [0.2, 0.25) is 0 Å². The first-order valence-corrected chi connectivity index (χ1v) is 8.47. The van der Waals surface area contributed by atoms with Crippen LogP contribution in [0.1, 0.15) is 5.56 Å². The summed E-state index contributed by atoms with van der Waals surface area (Å²) >= 11 is 1.60. The summed E-state index contributed by atoms with van der Waals surface area (Å²) < 4.78 is 7.66. The summed E-state index contributed by atoms with van der Waals surface area (Å²) in [5, 5.41) is 18.1. The number of nitriles is 1. The summed E-state index contributed by atoms with van der Waals surface area (Å²) in [7, 11) is 1.96. The van der Waals surface area contributed by atoms with Gasteiger partial charge in [0.25, 0.3) is 0 Å². The normalized spacial score (nSPS) is 10.3. The third-order valence-corrected chi connectivity index (χ3v) is 4.42. The minimum absolute atomic E-state index is 0.560. The Labute approximate surface area is 144 Å². The number of hydrogen-bond acceptors (Lipinski definition) is 5. The van der Waals surface area contributed by atoms with Crippen molar-refractivity contribution in [3.8, 4) is 23.2 Å². The molecule has 0 N–H and O–H groups in total. The van der Waals surface area contributed by atoms with E-state index in [0.29, 0.717) is 12.2 Å². The van der Waals surface area contributed by atoms with Gasteiger partial charge in [-0.2, -0.15) is 5.26 Å². The Morgan fingerprint density at radius 3 is 2.54 bits per heavy atom. The first-order chi connectivity index (χ1) is 11.8. The SMILES string of the molecule is Cn1c(SCCOc2ccc(C#N)cc2)nnc1-c1ccccc1. The van der Waals surface area contributed by atoms with Crippen LogP contribution in [0.15, 0.2) is 59.8 Å². The number of thioether (sulfide) groups is 1. The molecule has 0 saturated heterocycles. The molecule has 0 aliphatic carbocycles. The van der Waals surface area contributed by atoms with E-state index in [9.17, 15) is 0 Å². The van der Waals surface area contributed by atoms with Gasteiger partial charge in [0.05, 0.1) is 18.2 Å². The van der Waals surface area contributed by atoms with Crippen molar-refractivity contribution in [2.75, 3.05) is 12.4 Å². The standard InChI is InChI=1S/C18H16N4OS/c1-22-17(15-5-3-2-4-6-15)20-21-18(22)24-12-11-23-16-9-7-14(13-19)8-10-16/h2-10H,11-12H2,1H3. The van der Waals surface area contributed by atoms with Gasteiger partial charge >= 0.3 is 0 Å². The lowest BCUT2D eigenvalue weighted by Crippen LogP contribution is -2.02. The summed E-state index contributed by atoms with van der Waals surface area (Å²) in [4.78, 5) is 0. The zero-order valence-corrected chi connectivity index (χ0v) is 14.0. The number of rotatable bonds is 6. The second-order valence-corrected chi connectivity index (χ2v) is 6.13. The Morgan fingerprint density at radius 2 is 1.83 bits per heavy atom. The van der Waals surface area contributed by atoms with E-state index in [1.807, 2.05) is 41.9 Å². The van der Waals surface area contributed by atoms with E-state index < -0.39 is 0 Å². The molecule has 3 aromatic rings. The number of aromatic nitrogens is 3. The number of benzene rings is 2. The van der Waals surface area contributed by atoms with Crippen LogP contribution in [0.4, 0.5) is 0 Å². The van der Waals surface area contributed by atoms with E-state index in [1.165, 1.54) is 0 Å². The fourth-order valence-electron chi connectivity index (χ4n) is 2.20. The van der Waals surface area contributed by atoms with E-state index in [4.69, 9.17) is 10.00 Å². The van der Waals surface area contributed by atoms with Crippen molar-refractivity contribution < 1.29 is 4.74 Å². The van der Waals surface area contributed by atoms with Crippen LogP contribution in [0.25, 0.3) is 11.4 Å². The monoisotopic (exact) mass is 336 g/mol. The van der Waals surface area contributed by atoms with E-state index in [2.05, 4.69) is 16.3 Å². The Kier molecular flexibility index (Phi) is 5.14. The number of ether oxygens (including phenoxy) is 1. The molecule has 0 amide bonds. The summed E-state index contributed by atoms with van der Waals surface area (Å²) in [6, 6.07) is 19.2. The molecular formula is C18H16N4OS. The van der Waals surface area contributed by atoms with Gasteiger partial charge in [-0.3, -0.25) is 0 Å². The van der Waals surface area contributed by atoms with Crippen molar-refractivity contribution in [2.24, 2.45) is 7.05 Å². The molecule has 0 radical (unpaired) electrons. The molecule has 0 aliphatic heterocycles. The molecule has 5 nitrogen and oxygen atoms in total. The Morgan fingerprint density at radius 1 is 1.08 bits per heavy atom. The fraction of sp³-hybridized carbons (Fsp3) is 0.167. The molecule has 1 aromatic heterocycles. The Hall–Kier alpha value is -2.78. The number of hydrogen-bond donors (Lipinski definition) is 0. The topological polar surface area (TPSA) is 63.7 Å². The molecule has 1 heterocycles. The third-order valence-electron chi connectivity index (χ3n) is 3.43. The average Bonchev–Trinajstić information content (AvgIpc) is 3.00. The van der Waals surface area contributed by atoms with Crippen LogP contribution in [0.2, 0.25) is 0 Å². The second-order valence-electron chi connectivity index (χ2n) is 5.06. The second kappa shape index (κ2) is 7.66. The van der Waals surface area contributed by atoms with Crippen LogP contribution in [0.3, 0.4) is 0 Å². The molecule has 0 atom stereocenters. The van der Waals surface area contributed by atoms with E-state index >= 15 is 0 Å². The molecule has 2 aromatic carbocycles. The van der Waals surface area contributed by atoms with Crippen LogP contribution < -0.4 is 4.74 Å². The molecule has 0 saturated carbocycles. The highest BCUT2D eigenvalue weighted by Crippen LogP contribution is 2.22. The largest absolute Gasteiger partial charge is 0.493 e. The maximum absolute atomic E-state index is 8.77. The zero-order valence-electron chi connectivity index (χ0n) is 13.2. The lowest BCUT2D eigenvalue weighted by Gasteiger charge is -2.06. The van der Waals surface area contributed by atoms with Gasteiger partial charge in [-0.05, 0) is 24.3 Å². The van der Waals surface area contributed by atoms with Crippen LogP contribution in [-0.4, -0.2) is 27.1 Å². The Bertz CT molecular complexity index is 838. The van der Waals surface area contributed by atoms with Gasteiger partial charge in [0, 0.05) is 18.4 Å². The molecule has 3 rings (SSSR count). The highest BCUT2D eigenvalue weighted by Gasteiger charge is 2.10.